The van der Waals surface area contributed by atoms with Crippen molar-refractivity contribution in [1.82, 2.24) is 4.98 Å². The van der Waals surface area contributed by atoms with E-state index in [1.54, 1.807) is 36.4 Å². The van der Waals surface area contributed by atoms with Crippen LogP contribution < -0.4 is 11.1 Å². The average Bonchev–Trinajstić information content (AvgIpc) is 3.54. The van der Waals surface area contributed by atoms with Crippen LogP contribution in [0.5, 0.6) is 0 Å². The molecule has 2 amide bonds. The maximum Gasteiger partial charge on any atom is 0.339 e. The van der Waals surface area contributed by atoms with Crippen LogP contribution in [0.15, 0.2) is 53.1 Å². The molecule has 0 unspecified atom stereocenters. The number of hydrogen-bond acceptors (Lipinski definition) is 7. The average molecular weight is 461 g/mol. The topological polar surface area (TPSA) is 125 Å². The minimum atomic E-state index is -0.666. The molecular formula is C24H19N3O5S. The molecule has 0 saturated heterocycles. The van der Waals surface area contributed by atoms with E-state index in [0.29, 0.717) is 32.9 Å². The second-order valence-corrected chi connectivity index (χ2v) is 8.70. The third kappa shape index (κ3) is 3.98. The first kappa shape index (κ1) is 20.9. The number of furan rings is 1. The maximum atomic E-state index is 12.9. The number of fused-ring (bicyclic) bond motifs is 2. The number of rotatable bonds is 6. The Balaban J connectivity index is 1.35. The first-order valence-electron chi connectivity index (χ1n) is 10.4. The summed E-state index contributed by atoms with van der Waals surface area (Å²) in [5, 5.41) is 3.68. The van der Waals surface area contributed by atoms with E-state index < -0.39 is 24.4 Å². The molecule has 1 aromatic carbocycles. The highest BCUT2D eigenvalue weighted by Gasteiger charge is 2.26. The van der Waals surface area contributed by atoms with Crippen LogP contribution in [0.2, 0.25) is 0 Å². The number of ether oxygens (including phenoxy) is 1. The molecule has 1 aliphatic carbocycles. The van der Waals surface area contributed by atoms with Crippen LogP contribution in [0, 0.1) is 0 Å². The number of nitrogens with zero attached hydrogens (tertiary/aromatic N) is 1. The van der Waals surface area contributed by atoms with Crippen molar-refractivity contribution >= 4 is 45.0 Å². The minimum absolute atomic E-state index is 0.271. The fourth-order valence-corrected chi connectivity index (χ4v) is 5.33. The number of amides is 2. The molecule has 5 rings (SSSR count). The second-order valence-electron chi connectivity index (χ2n) is 7.60. The summed E-state index contributed by atoms with van der Waals surface area (Å²) < 4.78 is 10.7. The summed E-state index contributed by atoms with van der Waals surface area (Å²) >= 11 is 1.35. The minimum Gasteiger partial charge on any atom is -0.463 e. The van der Waals surface area contributed by atoms with Crippen molar-refractivity contribution in [3.05, 3.63) is 70.3 Å². The predicted octanol–water partition coefficient (Wildman–Crippen LogP) is 3.94. The number of esters is 1. The highest BCUT2D eigenvalue weighted by molar-refractivity contribution is 7.17. The van der Waals surface area contributed by atoms with E-state index in [0.717, 1.165) is 29.7 Å². The lowest BCUT2D eigenvalue weighted by Gasteiger charge is -2.10. The Bertz CT molecular complexity index is 1390. The summed E-state index contributed by atoms with van der Waals surface area (Å²) in [5.41, 5.74) is 8.15. The van der Waals surface area contributed by atoms with Gasteiger partial charge in [0.2, 0.25) is 0 Å². The van der Waals surface area contributed by atoms with E-state index in [1.807, 2.05) is 6.07 Å². The van der Waals surface area contributed by atoms with E-state index in [4.69, 9.17) is 14.9 Å². The molecule has 0 saturated carbocycles. The monoisotopic (exact) mass is 461 g/mol. The number of hydrogen-bond donors (Lipinski definition) is 2. The van der Waals surface area contributed by atoms with Gasteiger partial charge in [-0.15, -0.1) is 11.3 Å². The van der Waals surface area contributed by atoms with E-state index in [-0.39, 0.29) is 5.56 Å². The van der Waals surface area contributed by atoms with Crippen molar-refractivity contribution in [1.29, 1.82) is 0 Å². The third-order valence-corrected chi connectivity index (χ3v) is 6.67. The number of nitrogens with one attached hydrogen (secondary N) is 1. The van der Waals surface area contributed by atoms with Crippen LogP contribution in [-0.2, 0) is 22.4 Å². The quantitative estimate of drug-likeness (QED) is 0.419. The van der Waals surface area contributed by atoms with E-state index in [2.05, 4.69) is 10.3 Å². The van der Waals surface area contributed by atoms with Gasteiger partial charge in [0.1, 0.15) is 10.7 Å². The number of primary amides is 1. The van der Waals surface area contributed by atoms with Crippen molar-refractivity contribution < 1.29 is 23.5 Å². The second kappa shape index (κ2) is 8.51. The fraction of sp³-hybridized carbons (Fsp3) is 0.167. The lowest BCUT2D eigenvalue weighted by Crippen LogP contribution is -2.23. The molecule has 9 heteroatoms. The van der Waals surface area contributed by atoms with Gasteiger partial charge in [0.25, 0.3) is 11.8 Å². The van der Waals surface area contributed by atoms with Crippen molar-refractivity contribution in [2.45, 2.75) is 19.3 Å². The van der Waals surface area contributed by atoms with Crippen LogP contribution in [0.3, 0.4) is 0 Å². The number of anilines is 1. The number of nitrogens with two attached hydrogens (primary N) is 1. The summed E-state index contributed by atoms with van der Waals surface area (Å²) in [6, 6.07) is 12.2. The van der Waals surface area contributed by atoms with Gasteiger partial charge < -0.3 is 20.2 Å². The number of thiophene rings is 1. The summed E-state index contributed by atoms with van der Waals surface area (Å²) in [5.74, 6) is -1.27. The Morgan fingerprint density at radius 2 is 2.00 bits per heavy atom. The molecule has 0 aliphatic heterocycles. The van der Waals surface area contributed by atoms with Crippen LogP contribution in [0.25, 0.3) is 22.4 Å². The summed E-state index contributed by atoms with van der Waals surface area (Å²) in [6.07, 6.45) is 4.11. The smallest absolute Gasteiger partial charge is 0.339 e. The first-order chi connectivity index (χ1) is 16.0. The normalized spacial score (nSPS) is 12.5. The maximum absolute atomic E-state index is 12.9. The van der Waals surface area contributed by atoms with Crippen LogP contribution in [0.4, 0.5) is 5.00 Å². The van der Waals surface area contributed by atoms with Crippen molar-refractivity contribution in [3.8, 4) is 11.5 Å². The number of benzene rings is 1. The van der Waals surface area contributed by atoms with E-state index in [9.17, 15) is 14.4 Å². The van der Waals surface area contributed by atoms with E-state index in [1.165, 1.54) is 17.6 Å². The van der Waals surface area contributed by atoms with Crippen LogP contribution in [-0.4, -0.2) is 29.4 Å². The molecule has 8 nitrogen and oxygen atoms in total. The summed E-state index contributed by atoms with van der Waals surface area (Å²) in [4.78, 5) is 42.9. The van der Waals surface area contributed by atoms with Gasteiger partial charge in [-0.1, -0.05) is 18.2 Å². The van der Waals surface area contributed by atoms with E-state index >= 15 is 0 Å². The molecular weight excluding hydrogens is 442 g/mol. The van der Waals surface area contributed by atoms with Crippen molar-refractivity contribution in [3.63, 3.8) is 0 Å². The largest absolute Gasteiger partial charge is 0.463 e. The molecule has 4 aromatic rings. The Kier molecular flexibility index (Phi) is 5.39. The third-order valence-electron chi connectivity index (χ3n) is 5.46. The van der Waals surface area contributed by atoms with Gasteiger partial charge in [-0.3, -0.25) is 9.59 Å². The molecule has 33 heavy (non-hydrogen) atoms. The van der Waals surface area contributed by atoms with Gasteiger partial charge in [0, 0.05) is 10.3 Å². The number of aryl methyl sites for hydroxylation is 1. The molecule has 0 bridgehead atoms. The van der Waals surface area contributed by atoms with Gasteiger partial charge in [-0.05, 0) is 49.1 Å². The van der Waals surface area contributed by atoms with Crippen LogP contribution >= 0.6 is 11.3 Å². The Morgan fingerprint density at radius 1 is 1.15 bits per heavy atom. The fourth-order valence-electron chi connectivity index (χ4n) is 4.02. The number of aromatic nitrogens is 1. The zero-order valence-corrected chi connectivity index (χ0v) is 18.2. The van der Waals surface area contributed by atoms with Gasteiger partial charge in [0.15, 0.2) is 12.4 Å². The molecule has 3 aromatic heterocycles. The van der Waals surface area contributed by atoms with Gasteiger partial charge >= 0.3 is 5.97 Å². The number of para-hydroxylation sites is 1. The SMILES string of the molecule is NC(=O)c1c(NC(=O)COC(=O)c2cc(-c3ccco3)nc3ccccc23)sc2c1CCC2. The predicted molar refractivity (Wildman–Crippen MR) is 123 cm³/mol. The van der Waals surface area contributed by atoms with Gasteiger partial charge in [-0.25, -0.2) is 9.78 Å². The van der Waals surface area contributed by atoms with Gasteiger partial charge in [-0.2, -0.15) is 0 Å². The Morgan fingerprint density at radius 3 is 2.79 bits per heavy atom. The molecule has 166 valence electrons. The lowest BCUT2D eigenvalue weighted by atomic mass is 10.1. The molecule has 0 fully saturated rings. The molecule has 0 radical (unpaired) electrons. The molecule has 3 N–H and O–H groups in total. The Hall–Kier alpha value is -3.98. The summed E-state index contributed by atoms with van der Waals surface area (Å²) in [7, 11) is 0. The van der Waals surface area contributed by atoms with Crippen molar-refractivity contribution in [2.24, 2.45) is 5.73 Å². The zero-order valence-electron chi connectivity index (χ0n) is 17.4. The first-order valence-corrected chi connectivity index (χ1v) is 11.2. The zero-order chi connectivity index (χ0) is 22.9. The molecule has 3 heterocycles. The highest BCUT2D eigenvalue weighted by atomic mass is 32.1. The number of carbonyl (C=O) groups excluding carboxylic acids is 3. The van der Waals surface area contributed by atoms with Crippen molar-refractivity contribution in [2.75, 3.05) is 11.9 Å². The highest BCUT2D eigenvalue weighted by Crippen LogP contribution is 2.38. The number of carbonyl (C=O) groups is 3. The van der Waals surface area contributed by atoms with Crippen LogP contribution in [0.1, 0.15) is 37.6 Å². The molecule has 0 atom stereocenters. The molecule has 1 aliphatic rings. The lowest BCUT2D eigenvalue weighted by molar-refractivity contribution is -0.119. The Labute approximate surface area is 192 Å². The summed E-state index contributed by atoms with van der Waals surface area (Å²) in [6.45, 7) is -0.508. The number of pyridine rings is 1. The molecule has 0 spiro atoms. The van der Waals surface area contributed by atoms with Gasteiger partial charge in [0.05, 0.1) is 22.9 Å². The standard InChI is InChI=1S/C24H19N3O5S/c25-22(29)21-14-6-3-9-19(14)33-23(21)27-20(28)12-32-24(30)15-11-17(18-8-4-10-31-18)26-16-7-2-1-5-13(15)16/h1-2,4-5,7-8,10-11H,3,6,9,12H2,(H2,25,29)(H,27,28).